The zero-order valence-corrected chi connectivity index (χ0v) is 18.5. The van der Waals surface area contributed by atoms with Crippen LogP contribution >= 0.6 is 0 Å². The van der Waals surface area contributed by atoms with Gasteiger partial charge in [0.15, 0.2) is 0 Å². The molecule has 1 fully saturated rings. The first-order valence-corrected chi connectivity index (χ1v) is 11.6. The van der Waals surface area contributed by atoms with Crippen LogP contribution in [0.5, 0.6) is 5.75 Å². The molecule has 3 aromatic rings. The molecule has 0 saturated carbocycles. The van der Waals surface area contributed by atoms with Crippen LogP contribution in [0.3, 0.4) is 0 Å². The third-order valence-corrected chi connectivity index (χ3v) is 6.26. The van der Waals surface area contributed by atoms with Gasteiger partial charge in [-0.1, -0.05) is 49.7 Å². The quantitative estimate of drug-likeness (QED) is 0.460. The first kappa shape index (κ1) is 21.0. The molecular formula is C27H29NO4. The summed E-state index contributed by atoms with van der Waals surface area (Å²) in [6.07, 6.45) is 3.97. The molecule has 2 aliphatic heterocycles. The Morgan fingerprint density at radius 3 is 2.59 bits per heavy atom. The minimum absolute atomic E-state index is 0.122. The van der Waals surface area contributed by atoms with Crippen molar-refractivity contribution in [3.8, 4) is 5.75 Å². The first-order chi connectivity index (χ1) is 15.7. The molecule has 3 aromatic carbocycles. The highest BCUT2D eigenvalue weighted by Crippen LogP contribution is 2.46. The molecule has 0 bridgehead atoms. The predicted octanol–water partition coefficient (Wildman–Crippen LogP) is 5.20. The van der Waals surface area contributed by atoms with E-state index in [9.17, 15) is 4.79 Å². The van der Waals surface area contributed by atoms with Crippen LogP contribution in [0.15, 0.2) is 60.7 Å². The molecule has 0 unspecified atom stereocenters. The molecule has 5 rings (SSSR count). The van der Waals surface area contributed by atoms with Gasteiger partial charge in [0.1, 0.15) is 5.75 Å². The van der Waals surface area contributed by atoms with Crippen LogP contribution in [0.4, 0.5) is 5.69 Å². The number of rotatable bonds is 8. The van der Waals surface area contributed by atoms with E-state index in [1.54, 1.807) is 4.90 Å². The fraction of sp³-hybridized carbons (Fsp3) is 0.370. The molecule has 2 aliphatic rings. The second-order valence-electron chi connectivity index (χ2n) is 8.44. The molecule has 32 heavy (non-hydrogen) atoms. The van der Waals surface area contributed by atoms with Gasteiger partial charge in [-0.2, -0.15) is 0 Å². The Labute approximate surface area is 188 Å². The lowest BCUT2D eigenvalue weighted by molar-refractivity contribution is -0.180. The molecule has 0 N–H and O–H groups in total. The third kappa shape index (κ3) is 3.76. The topological polar surface area (TPSA) is 48.0 Å². The van der Waals surface area contributed by atoms with Crippen LogP contribution in [0.2, 0.25) is 0 Å². The minimum atomic E-state index is -1.27. The number of ether oxygens (including phenoxy) is 3. The normalized spacial score (nSPS) is 16.8. The number of amides is 1. The number of nitrogens with zero attached hydrogens (tertiary/aromatic N) is 1. The van der Waals surface area contributed by atoms with Gasteiger partial charge in [0, 0.05) is 12.1 Å². The highest BCUT2D eigenvalue weighted by atomic mass is 16.7. The Bertz CT molecular complexity index is 1120. The molecule has 166 valence electrons. The van der Waals surface area contributed by atoms with E-state index in [-0.39, 0.29) is 5.91 Å². The largest absolute Gasteiger partial charge is 0.494 e. The number of benzene rings is 3. The van der Waals surface area contributed by atoms with Gasteiger partial charge < -0.3 is 19.1 Å². The van der Waals surface area contributed by atoms with Crippen LogP contribution < -0.4 is 9.64 Å². The number of carbonyl (C=O) groups excluding carboxylic acids is 1. The van der Waals surface area contributed by atoms with Gasteiger partial charge in [-0.25, -0.2) is 0 Å². The average Bonchev–Trinajstić information content (AvgIpc) is 3.41. The molecule has 0 atom stereocenters. The van der Waals surface area contributed by atoms with E-state index in [1.165, 1.54) is 10.9 Å². The van der Waals surface area contributed by atoms with Crippen molar-refractivity contribution in [2.75, 3.05) is 31.3 Å². The summed E-state index contributed by atoms with van der Waals surface area (Å²) < 4.78 is 17.8. The summed E-state index contributed by atoms with van der Waals surface area (Å²) in [5.74, 6) is -0.545. The number of aryl methyl sites for hydroxylation is 1. The molecule has 1 amide bonds. The van der Waals surface area contributed by atoms with E-state index in [2.05, 4.69) is 43.3 Å². The Kier molecular flexibility index (Phi) is 5.85. The molecule has 2 heterocycles. The second-order valence-corrected chi connectivity index (χ2v) is 8.44. The zero-order valence-electron chi connectivity index (χ0n) is 18.5. The smallest absolute Gasteiger partial charge is 0.292 e. The highest BCUT2D eigenvalue weighted by molar-refractivity contribution is 6.06. The molecule has 1 saturated heterocycles. The van der Waals surface area contributed by atoms with Crippen molar-refractivity contribution in [1.82, 2.24) is 0 Å². The number of hydrogen-bond donors (Lipinski definition) is 0. The van der Waals surface area contributed by atoms with Crippen molar-refractivity contribution in [1.29, 1.82) is 0 Å². The Morgan fingerprint density at radius 2 is 1.78 bits per heavy atom. The molecule has 5 nitrogen and oxygen atoms in total. The fourth-order valence-corrected chi connectivity index (χ4v) is 4.60. The molecular weight excluding hydrogens is 402 g/mol. The summed E-state index contributed by atoms with van der Waals surface area (Å²) >= 11 is 0. The monoisotopic (exact) mass is 431 g/mol. The Hall–Kier alpha value is -2.89. The minimum Gasteiger partial charge on any atom is -0.494 e. The van der Waals surface area contributed by atoms with E-state index in [1.807, 2.05) is 24.3 Å². The lowest BCUT2D eigenvalue weighted by atomic mass is 10.0. The van der Waals surface area contributed by atoms with Crippen LogP contribution in [0, 0.1) is 0 Å². The zero-order chi connectivity index (χ0) is 22.0. The SMILES string of the molecule is CCCCc1ccc2c(c1)C1(OCCO1)C(=O)N2CCCOc1ccc2ccccc2c1. The summed E-state index contributed by atoms with van der Waals surface area (Å²) in [5.41, 5.74) is 2.96. The van der Waals surface area contributed by atoms with E-state index in [0.29, 0.717) is 32.8 Å². The number of fused-ring (bicyclic) bond motifs is 3. The van der Waals surface area contributed by atoms with Gasteiger partial charge in [-0.05, 0) is 59.9 Å². The van der Waals surface area contributed by atoms with Crippen molar-refractivity contribution < 1.29 is 19.0 Å². The molecule has 0 aliphatic carbocycles. The summed E-state index contributed by atoms with van der Waals surface area (Å²) in [5, 5.41) is 2.35. The van der Waals surface area contributed by atoms with E-state index < -0.39 is 5.79 Å². The van der Waals surface area contributed by atoms with Crippen LogP contribution in [0.25, 0.3) is 10.8 Å². The van der Waals surface area contributed by atoms with Crippen LogP contribution in [-0.2, 0) is 26.5 Å². The molecule has 5 heteroatoms. The van der Waals surface area contributed by atoms with E-state index in [0.717, 1.165) is 41.6 Å². The van der Waals surface area contributed by atoms with Gasteiger partial charge in [0.2, 0.25) is 0 Å². The lowest BCUT2D eigenvalue weighted by Gasteiger charge is -2.22. The van der Waals surface area contributed by atoms with E-state index in [4.69, 9.17) is 14.2 Å². The summed E-state index contributed by atoms with van der Waals surface area (Å²) in [7, 11) is 0. The molecule has 0 aromatic heterocycles. The van der Waals surface area contributed by atoms with Crippen LogP contribution in [-0.4, -0.2) is 32.3 Å². The van der Waals surface area contributed by atoms with Crippen molar-refractivity contribution in [3.63, 3.8) is 0 Å². The van der Waals surface area contributed by atoms with Gasteiger partial charge >= 0.3 is 0 Å². The summed E-state index contributed by atoms with van der Waals surface area (Å²) in [4.78, 5) is 15.2. The molecule has 0 radical (unpaired) electrons. The highest BCUT2D eigenvalue weighted by Gasteiger charge is 2.55. The van der Waals surface area contributed by atoms with Crippen molar-refractivity contribution in [2.24, 2.45) is 0 Å². The van der Waals surface area contributed by atoms with Gasteiger partial charge in [0.05, 0.1) is 25.5 Å². The number of anilines is 1. The predicted molar refractivity (Wildman–Crippen MR) is 125 cm³/mol. The van der Waals surface area contributed by atoms with Crippen molar-refractivity contribution >= 4 is 22.4 Å². The Morgan fingerprint density at radius 1 is 0.969 bits per heavy atom. The van der Waals surface area contributed by atoms with E-state index >= 15 is 0 Å². The maximum Gasteiger partial charge on any atom is 0.292 e. The van der Waals surface area contributed by atoms with Gasteiger partial charge in [0.25, 0.3) is 11.7 Å². The molecule has 1 spiro atoms. The van der Waals surface area contributed by atoms with Crippen molar-refractivity contribution in [2.45, 2.75) is 38.4 Å². The average molecular weight is 432 g/mol. The van der Waals surface area contributed by atoms with Gasteiger partial charge in [-0.3, -0.25) is 4.79 Å². The summed E-state index contributed by atoms with van der Waals surface area (Å²) in [6.45, 7) is 4.14. The van der Waals surface area contributed by atoms with Gasteiger partial charge in [-0.15, -0.1) is 0 Å². The maximum atomic E-state index is 13.4. The number of unbranched alkanes of at least 4 members (excludes halogenated alkanes) is 1. The van der Waals surface area contributed by atoms with Crippen molar-refractivity contribution in [3.05, 3.63) is 71.8 Å². The summed E-state index contributed by atoms with van der Waals surface area (Å²) in [6, 6.07) is 20.6. The number of carbonyl (C=O) groups is 1. The fourth-order valence-electron chi connectivity index (χ4n) is 4.60. The second kappa shape index (κ2) is 8.93. The first-order valence-electron chi connectivity index (χ1n) is 11.6. The lowest BCUT2D eigenvalue weighted by Crippen LogP contribution is -2.41. The van der Waals surface area contributed by atoms with Crippen LogP contribution in [0.1, 0.15) is 37.3 Å². The Balaban J connectivity index is 1.28. The third-order valence-electron chi connectivity index (χ3n) is 6.26. The standard InChI is InChI=1S/C27H29NO4/c1-2-3-7-20-10-13-25-24(18-20)27(31-16-17-32-27)26(29)28(25)14-6-15-30-23-12-11-21-8-4-5-9-22(21)19-23/h4-5,8-13,18-19H,2-3,6-7,14-17H2,1H3. The number of hydrogen-bond acceptors (Lipinski definition) is 4. The maximum absolute atomic E-state index is 13.4.